The molecule has 1 unspecified atom stereocenters. The third kappa shape index (κ3) is 4.81. The van der Waals surface area contributed by atoms with Crippen LogP contribution >= 0.6 is 0 Å². The van der Waals surface area contributed by atoms with E-state index >= 15 is 0 Å². The minimum Gasteiger partial charge on any atom is -0.344 e. The number of nitrogens with one attached hydrogen (secondary N) is 3. The van der Waals surface area contributed by atoms with Gasteiger partial charge in [0.05, 0.1) is 16.8 Å². The number of aromatic nitrogens is 3. The van der Waals surface area contributed by atoms with Gasteiger partial charge in [-0.05, 0) is 74.1 Å². The van der Waals surface area contributed by atoms with Gasteiger partial charge in [0.1, 0.15) is 17.7 Å². The van der Waals surface area contributed by atoms with E-state index in [0.29, 0.717) is 23.3 Å². The van der Waals surface area contributed by atoms with E-state index < -0.39 is 29.5 Å². The lowest BCUT2D eigenvalue weighted by atomic mass is 9.93. The molecule has 7 nitrogen and oxygen atoms in total. The number of halogens is 4. The third-order valence-corrected chi connectivity index (χ3v) is 7.51. The second-order valence-electron chi connectivity index (χ2n) is 10.1. The van der Waals surface area contributed by atoms with Crippen LogP contribution < -0.4 is 16.0 Å². The van der Waals surface area contributed by atoms with Crippen LogP contribution in [0, 0.1) is 5.82 Å². The summed E-state index contributed by atoms with van der Waals surface area (Å²) in [7, 11) is 0. The van der Waals surface area contributed by atoms with Crippen LogP contribution in [0.5, 0.6) is 0 Å². The van der Waals surface area contributed by atoms with E-state index in [0.717, 1.165) is 48.5 Å². The number of amides is 1. The molecule has 0 aliphatic carbocycles. The molecule has 6 rings (SSSR count). The summed E-state index contributed by atoms with van der Waals surface area (Å²) >= 11 is 0. The van der Waals surface area contributed by atoms with Crippen molar-refractivity contribution in [2.45, 2.75) is 37.9 Å². The Morgan fingerprint density at radius 1 is 1.05 bits per heavy atom. The predicted octanol–water partition coefficient (Wildman–Crippen LogP) is 5.98. The fraction of sp³-hybridized carbons (Fsp3) is 0.276. The molecular formula is C29H26F4N6O. The molecule has 1 fully saturated rings. The summed E-state index contributed by atoms with van der Waals surface area (Å²) in [6.45, 7) is 3.41. The second kappa shape index (κ2) is 10.1. The lowest BCUT2D eigenvalue weighted by Gasteiger charge is -2.30. The summed E-state index contributed by atoms with van der Waals surface area (Å²) in [5.74, 6) is -1.11. The molecular weight excluding hydrogens is 524 g/mol. The fourth-order valence-corrected chi connectivity index (χ4v) is 5.50. The van der Waals surface area contributed by atoms with Gasteiger partial charge in [0, 0.05) is 41.1 Å². The number of hydrogen-bond acceptors (Lipinski definition) is 5. The van der Waals surface area contributed by atoms with E-state index in [2.05, 4.69) is 20.9 Å². The van der Waals surface area contributed by atoms with E-state index in [9.17, 15) is 22.4 Å². The molecule has 11 heteroatoms. The number of alkyl halides is 3. The topological polar surface area (TPSA) is 83.9 Å². The van der Waals surface area contributed by atoms with Crippen LogP contribution in [-0.2, 0) is 11.0 Å². The Labute approximate surface area is 227 Å². The summed E-state index contributed by atoms with van der Waals surface area (Å²) in [5.41, 5.74) is 0.890. The van der Waals surface area contributed by atoms with Crippen molar-refractivity contribution in [3.63, 3.8) is 0 Å². The summed E-state index contributed by atoms with van der Waals surface area (Å²) in [6, 6.07) is 10.9. The van der Waals surface area contributed by atoms with Crippen molar-refractivity contribution in [3.05, 3.63) is 94.8 Å². The lowest BCUT2D eigenvalue weighted by Crippen LogP contribution is -2.31. The Hall–Kier alpha value is -4.25. The van der Waals surface area contributed by atoms with Crippen LogP contribution in [0.15, 0.2) is 72.2 Å². The molecule has 4 heterocycles. The van der Waals surface area contributed by atoms with Crippen molar-refractivity contribution in [1.29, 1.82) is 0 Å². The maximum absolute atomic E-state index is 14.8. The first-order valence-corrected chi connectivity index (χ1v) is 13.0. The maximum atomic E-state index is 14.8. The van der Waals surface area contributed by atoms with Gasteiger partial charge < -0.3 is 16.0 Å². The molecule has 2 aromatic carbocycles. The molecule has 1 atom stereocenters. The van der Waals surface area contributed by atoms with E-state index in [1.165, 1.54) is 6.07 Å². The van der Waals surface area contributed by atoms with Crippen LogP contribution in [0.25, 0.3) is 10.8 Å². The number of carbonyl (C=O) groups excluding carboxylic acids is 1. The fourth-order valence-electron chi connectivity index (χ4n) is 5.50. The molecule has 206 valence electrons. The summed E-state index contributed by atoms with van der Waals surface area (Å²) in [5, 5.41) is 16.1. The zero-order chi connectivity index (χ0) is 28.0. The molecule has 0 saturated carbocycles. The molecule has 2 aliphatic rings. The highest BCUT2D eigenvalue weighted by Gasteiger charge is 2.38. The summed E-state index contributed by atoms with van der Waals surface area (Å²) in [4.78, 5) is 17.9. The van der Waals surface area contributed by atoms with Crippen molar-refractivity contribution in [2.24, 2.45) is 0 Å². The molecule has 40 heavy (non-hydrogen) atoms. The number of anilines is 2. The zero-order valence-corrected chi connectivity index (χ0v) is 21.5. The van der Waals surface area contributed by atoms with E-state index in [1.54, 1.807) is 30.1 Å². The largest absolute Gasteiger partial charge is 0.419 e. The van der Waals surface area contributed by atoms with E-state index in [-0.39, 0.29) is 17.1 Å². The Balaban J connectivity index is 1.42. The Bertz CT molecular complexity index is 1640. The van der Waals surface area contributed by atoms with Gasteiger partial charge in [-0.15, -0.1) is 0 Å². The average Bonchev–Trinajstić information content (AvgIpc) is 3.35. The number of nitrogens with zero attached hydrogens (tertiary/aromatic N) is 3. The summed E-state index contributed by atoms with van der Waals surface area (Å²) < 4.78 is 56.4. The van der Waals surface area contributed by atoms with Crippen molar-refractivity contribution in [1.82, 2.24) is 20.1 Å². The van der Waals surface area contributed by atoms with E-state index in [4.69, 9.17) is 5.10 Å². The van der Waals surface area contributed by atoms with Crippen molar-refractivity contribution in [3.8, 4) is 0 Å². The van der Waals surface area contributed by atoms with Gasteiger partial charge >= 0.3 is 6.18 Å². The number of allylic oxidation sites excluding steroid dienone is 1. The maximum Gasteiger partial charge on any atom is 0.419 e. The van der Waals surface area contributed by atoms with Gasteiger partial charge in [0.25, 0.3) is 5.91 Å². The highest BCUT2D eigenvalue weighted by Crippen LogP contribution is 2.40. The number of carbonyl (C=O) groups is 1. The Kier molecular flexibility index (Phi) is 6.53. The highest BCUT2D eigenvalue weighted by molar-refractivity contribution is 6.06. The van der Waals surface area contributed by atoms with Crippen LogP contribution in [0.1, 0.15) is 48.5 Å². The van der Waals surface area contributed by atoms with Gasteiger partial charge in [-0.1, -0.05) is 12.1 Å². The molecule has 4 aromatic rings. The zero-order valence-electron chi connectivity index (χ0n) is 21.5. The number of rotatable bonds is 4. The number of hydrogen-bond donors (Lipinski definition) is 3. The number of piperidine rings is 1. The van der Waals surface area contributed by atoms with Gasteiger partial charge in [-0.25, -0.2) is 9.07 Å². The molecule has 0 spiro atoms. The predicted molar refractivity (Wildman–Crippen MR) is 143 cm³/mol. The van der Waals surface area contributed by atoms with Crippen LogP contribution in [0.2, 0.25) is 0 Å². The first kappa shape index (κ1) is 26.0. The minimum atomic E-state index is -4.84. The van der Waals surface area contributed by atoms with Crippen molar-refractivity contribution < 1.29 is 22.4 Å². The van der Waals surface area contributed by atoms with Crippen LogP contribution in [0.4, 0.5) is 29.1 Å². The minimum absolute atomic E-state index is 0.183. The number of benzene rings is 2. The molecule has 0 radical (unpaired) electrons. The molecule has 2 aromatic heterocycles. The highest BCUT2D eigenvalue weighted by atomic mass is 19.4. The summed E-state index contributed by atoms with van der Waals surface area (Å²) in [6.07, 6.45) is 0.293. The van der Waals surface area contributed by atoms with Crippen LogP contribution in [-0.4, -0.2) is 33.8 Å². The normalized spacial score (nSPS) is 18.0. The van der Waals surface area contributed by atoms with Gasteiger partial charge in [0.2, 0.25) is 0 Å². The van der Waals surface area contributed by atoms with Gasteiger partial charge in [0.15, 0.2) is 0 Å². The van der Waals surface area contributed by atoms with Crippen molar-refractivity contribution in [2.75, 3.05) is 23.7 Å². The Morgan fingerprint density at radius 3 is 2.60 bits per heavy atom. The monoisotopic (exact) mass is 550 g/mol. The molecule has 1 saturated heterocycles. The Morgan fingerprint density at radius 2 is 1.85 bits per heavy atom. The van der Waals surface area contributed by atoms with Crippen LogP contribution in [0.3, 0.4) is 0 Å². The molecule has 2 aliphatic heterocycles. The number of pyridine rings is 1. The smallest absolute Gasteiger partial charge is 0.344 e. The third-order valence-electron chi connectivity index (χ3n) is 7.51. The van der Waals surface area contributed by atoms with E-state index in [1.807, 2.05) is 24.3 Å². The standard InChI is InChI=1S/C29H26F4N6O/c1-16-26(28(40)37-21-4-2-20-15-35-11-8-18(20)12-21)27(19-3-5-22(23(30)13-19)29(31,32)33)39-25(36-16)14-24(38-39)17-6-9-34-10-7-17/h2-5,8,11-15,17,27,34,36H,6-7,9-10H2,1H3,(H,37,40). The quantitative estimate of drug-likeness (QED) is 0.272. The first-order valence-electron chi connectivity index (χ1n) is 13.0. The van der Waals surface area contributed by atoms with Gasteiger partial charge in [-0.3, -0.25) is 9.78 Å². The number of fused-ring (bicyclic) bond motifs is 2. The van der Waals surface area contributed by atoms with Gasteiger partial charge in [-0.2, -0.15) is 18.3 Å². The SMILES string of the molecule is CC1=C(C(=O)Nc2ccc3cnccc3c2)C(c2ccc(C(F)(F)F)c(F)c2)n2nc(C3CCNCC3)cc2N1. The lowest BCUT2D eigenvalue weighted by molar-refractivity contribution is -0.140. The van der Waals surface area contributed by atoms with Crippen molar-refractivity contribution >= 4 is 28.2 Å². The molecule has 3 N–H and O–H groups in total. The molecule has 0 bridgehead atoms. The average molecular weight is 551 g/mol. The molecule has 1 amide bonds. The second-order valence-corrected chi connectivity index (χ2v) is 10.1. The first-order chi connectivity index (χ1) is 19.2.